The van der Waals surface area contributed by atoms with Gasteiger partial charge in [0, 0.05) is 31.6 Å². The summed E-state index contributed by atoms with van der Waals surface area (Å²) in [5.41, 5.74) is -0.644. The van der Waals surface area contributed by atoms with Crippen molar-refractivity contribution in [3.8, 4) is 0 Å². The summed E-state index contributed by atoms with van der Waals surface area (Å²) in [4.78, 5) is 30.1. The smallest absolute Gasteiger partial charge is 0.417 e. The minimum absolute atomic E-state index is 0.0423. The van der Waals surface area contributed by atoms with Crippen molar-refractivity contribution < 1.29 is 32.2 Å². The highest BCUT2D eigenvalue weighted by Gasteiger charge is 2.36. The topological polar surface area (TPSA) is 92.8 Å². The number of ether oxygens (including phenoxy) is 2. The molecule has 12 heteroatoms. The third-order valence-electron chi connectivity index (χ3n) is 5.31. The lowest BCUT2D eigenvalue weighted by atomic mass is 10.0. The Hall–Kier alpha value is -2.60. The summed E-state index contributed by atoms with van der Waals surface area (Å²) in [6, 6.07) is 0.892. The number of fused-ring (bicyclic) bond motifs is 1. The number of nitrogens with zero attached hydrogens (tertiary/aromatic N) is 2. The number of nitrogens with one attached hydrogen (secondary N) is 2. The molecular weight excluding hydrogens is 437 g/mol. The average Bonchev–Trinajstić information content (AvgIpc) is 3.13. The molecule has 4 heterocycles. The van der Waals surface area contributed by atoms with Crippen LogP contribution >= 0.6 is 11.3 Å². The second-order valence-corrected chi connectivity index (χ2v) is 8.28. The van der Waals surface area contributed by atoms with Crippen LogP contribution in [-0.4, -0.2) is 62.5 Å². The number of hydrogen-bond acceptors (Lipinski definition) is 7. The molecule has 168 valence electrons. The van der Waals surface area contributed by atoms with Gasteiger partial charge in [-0.25, -0.2) is 9.78 Å². The summed E-state index contributed by atoms with van der Waals surface area (Å²) in [5, 5.41) is 6.62. The van der Waals surface area contributed by atoms with E-state index < -0.39 is 23.7 Å². The van der Waals surface area contributed by atoms with Gasteiger partial charge in [-0.05, 0) is 18.9 Å². The molecule has 0 aromatic carbocycles. The van der Waals surface area contributed by atoms with Gasteiger partial charge in [0.15, 0.2) is 6.10 Å². The van der Waals surface area contributed by atoms with E-state index in [4.69, 9.17) is 9.47 Å². The molecule has 0 spiro atoms. The van der Waals surface area contributed by atoms with Crippen molar-refractivity contribution in [3.63, 3.8) is 0 Å². The lowest BCUT2D eigenvalue weighted by Crippen LogP contribution is -2.47. The summed E-state index contributed by atoms with van der Waals surface area (Å²) < 4.78 is 51.1. The van der Waals surface area contributed by atoms with Gasteiger partial charge in [0.25, 0.3) is 5.91 Å². The minimum Gasteiger partial charge on any atom is -0.441 e. The SMILES string of the molecule is CNC(=O)c1csc2c(C(F)(F)F)cc(N3CCC(NC(=O)OC4COC4)CC3)nc12. The van der Waals surface area contributed by atoms with E-state index in [0.717, 1.165) is 17.4 Å². The molecule has 31 heavy (non-hydrogen) atoms. The highest BCUT2D eigenvalue weighted by molar-refractivity contribution is 7.17. The maximum atomic E-state index is 13.7. The van der Waals surface area contributed by atoms with E-state index in [1.165, 1.54) is 12.4 Å². The Morgan fingerprint density at radius 2 is 2.00 bits per heavy atom. The second kappa shape index (κ2) is 8.50. The van der Waals surface area contributed by atoms with Gasteiger partial charge >= 0.3 is 12.3 Å². The van der Waals surface area contributed by atoms with Gasteiger partial charge in [0.2, 0.25) is 0 Å². The highest BCUT2D eigenvalue weighted by atomic mass is 32.1. The fraction of sp³-hybridized carbons (Fsp3) is 0.526. The van der Waals surface area contributed by atoms with Crippen LogP contribution in [0, 0.1) is 0 Å². The molecule has 2 aliphatic rings. The van der Waals surface area contributed by atoms with E-state index in [1.807, 2.05) is 0 Å². The van der Waals surface area contributed by atoms with Crippen LogP contribution in [0.5, 0.6) is 0 Å². The summed E-state index contributed by atoms with van der Waals surface area (Å²) in [6.07, 6.45) is -4.25. The fourth-order valence-electron chi connectivity index (χ4n) is 3.55. The molecule has 2 amide bonds. The maximum absolute atomic E-state index is 13.7. The zero-order chi connectivity index (χ0) is 22.2. The molecule has 0 bridgehead atoms. The average molecular weight is 458 g/mol. The Kier molecular flexibility index (Phi) is 5.93. The number of carbonyl (C=O) groups is 2. The molecule has 4 rings (SSSR count). The van der Waals surface area contributed by atoms with Gasteiger partial charge in [0.1, 0.15) is 5.82 Å². The predicted molar refractivity (Wildman–Crippen MR) is 107 cm³/mol. The molecule has 2 N–H and O–H groups in total. The summed E-state index contributed by atoms with van der Waals surface area (Å²) in [7, 11) is 1.42. The Morgan fingerprint density at radius 1 is 1.29 bits per heavy atom. The van der Waals surface area contributed by atoms with Crippen LogP contribution in [0.3, 0.4) is 0 Å². The van der Waals surface area contributed by atoms with Gasteiger partial charge in [-0.2, -0.15) is 13.2 Å². The normalized spacial score (nSPS) is 18.0. The van der Waals surface area contributed by atoms with Crippen molar-refractivity contribution in [1.29, 1.82) is 0 Å². The number of hydrogen-bond donors (Lipinski definition) is 2. The molecule has 0 atom stereocenters. The van der Waals surface area contributed by atoms with Gasteiger partial charge in [-0.1, -0.05) is 0 Å². The standard InChI is InChI=1S/C19H21F3N4O4S/c1-23-17(27)12-9-31-16-13(19(20,21)22)6-14(25-15(12)16)26-4-2-10(3-5-26)24-18(28)30-11-7-29-8-11/h6,9-11H,2-5,7-8H2,1H3,(H,23,27)(H,24,28). The van der Waals surface area contributed by atoms with Crippen LogP contribution in [0.1, 0.15) is 28.8 Å². The van der Waals surface area contributed by atoms with Crippen molar-refractivity contribution in [2.45, 2.75) is 31.2 Å². The Balaban J connectivity index is 1.51. The summed E-state index contributed by atoms with van der Waals surface area (Å²) in [5.74, 6) is -0.321. The molecule has 0 saturated carbocycles. The molecule has 2 aromatic rings. The van der Waals surface area contributed by atoms with Crippen LogP contribution in [0.4, 0.5) is 23.8 Å². The first-order valence-electron chi connectivity index (χ1n) is 9.77. The van der Waals surface area contributed by atoms with Crippen LogP contribution in [0.25, 0.3) is 10.2 Å². The molecule has 2 saturated heterocycles. The van der Waals surface area contributed by atoms with Crippen LogP contribution in [0.2, 0.25) is 0 Å². The number of piperidine rings is 1. The number of aromatic nitrogens is 1. The van der Waals surface area contributed by atoms with Crippen molar-refractivity contribution in [1.82, 2.24) is 15.6 Å². The van der Waals surface area contributed by atoms with Crippen LogP contribution in [0.15, 0.2) is 11.4 Å². The number of rotatable bonds is 4. The Morgan fingerprint density at radius 3 is 2.58 bits per heavy atom. The highest BCUT2D eigenvalue weighted by Crippen LogP contribution is 2.40. The zero-order valence-electron chi connectivity index (χ0n) is 16.6. The first-order valence-corrected chi connectivity index (χ1v) is 10.7. The predicted octanol–water partition coefficient (Wildman–Crippen LogP) is 2.77. The quantitative estimate of drug-likeness (QED) is 0.732. The first-order chi connectivity index (χ1) is 14.8. The van der Waals surface area contributed by atoms with Crippen molar-refractivity contribution in [3.05, 3.63) is 22.6 Å². The number of pyridine rings is 1. The molecule has 8 nitrogen and oxygen atoms in total. The monoisotopic (exact) mass is 458 g/mol. The van der Waals surface area contributed by atoms with Gasteiger partial charge in [0.05, 0.1) is 34.6 Å². The molecule has 0 radical (unpaired) electrons. The van der Waals surface area contributed by atoms with Crippen LogP contribution < -0.4 is 15.5 Å². The van der Waals surface area contributed by atoms with E-state index in [9.17, 15) is 22.8 Å². The maximum Gasteiger partial charge on any atom is 0.417 e. The minimum atomic E-state index is -4.57. The molecule has 2 aliphatic heterocycles. The van der Waals surface area contributed by atoms with Crippen molar-refractivity contribution in [2.75, 3.05) is 38.3 Å². The number of halogens is 3. The number of anilines is 1. The molecule has 2 fully saturated rings. The number of thiophene rings is 1. The second-order valence-electron chi connectivity index (χ2n) is 7.40. The van der Waals surface area contributed by atoms with E-state index in [-0.39, 0.29) is 33.7 Å². The van der Waals surface area contributed by atoms with Gasteiger partial charge in [-0.3, -0.25) is 4.79 Å². The lowest BCUT2D eigenvalue weighted by Gasteiger charge is -2.34. The number of alkyl carbamates (subject to hydrolysis) is 1. The zero-order valence-corrected chi connectivity index (χ0v) is 17.4. The third-order valence-corrected chi connectivity index (χ3v) is 6.31. The first kappa shape index (κ1) is 21.6. The van der Waals surface area contributed by atoms with Gasteiger partial charge < -0.3 is 25.0 Å². The van der Waals surface area contributed by atoms with Crippen LogP contribution in [-0.2, 0) is 15.7 Å². The lowest BCUT2D eigenvalue weighted by molar-refractivity contribution is -0.136. The van der Waals surface area contributed by atoms with Crippen molar-refractivity contribution in [2.24, 2.45) is 0 Å². The number of amides is 2. The Bertz CT molecular complexity index is 984. The van der Waals surface area contributed by atoms with Gasteiger partial charge in [-0.15, -0.1) is 11.3 Å². The van der Waals surface area contributed by atoms with E-state index in [0.29, 0.717) is 39.1 Å². The van der Waals surface area contributed by atoms with E-state index in [1.54, 1.807) is 4.90 Å². The fourth-order valence-corrected chi connectivity index (χ4v) is 4.57. The Labute approximate surface area is 179 Å². The van der Waals surface area contributed by atoms with E-state index >= 15 is 0 Å². The molecule has 0 aliphatic carbocycles. The molecule has 0 unspecified atom stereocenters. The number of carbonyl (C=O) groups excluding carboxylic acids is 2. The molecule has 2 aromatic heterocycles. The van der Waals surface area contributed by atoms with E-state index in [2.05, 4.69) is 15.6 Å². The molecular formula is C19H21F3N4O4S. The summed E-state index contributed by atoms with van der Waals surface area (Å²) in [6.45, 7) is 1.60. The number of alkyl halides is 3. The third kappa shape index (κ3) is 4.54. The summed E-state index contributed by atoms with van der Waals surface area (Å²) >= 11 is 0.853. The largest absolute Gasteiger partial charge is 0.441 e. The van der Waals surface area contributed by atoms with Crippen molar-refractivity contribution >= 4 is 39.4 Å².